The minimum absolute atomic E-state index is 0.0528. The second kappa shape index (κ2) is 10.1. The molecule has 28 heavy (non-hydrogen) atoms. The molecular formula is C21H28N4O2S. The number of rotatable bonds is 9. The molecule has 0 bridgehead atoms. The topological polar surface area (TPSA) is 74.8 Å². The van der Waals surface area contributed by atoms with Gasteiger partial charge in [0.15, 0.2) is 12.6 Å². The van der Waals surface area contributed by atoms with Crippen LogP contribution in [0, 0.1) is 0 Å². The van der Waals surface area contributed by atoms with E-state index < -0.39 is 0 Å². The number of nitrogens with one attached hydrogen (secondary N) is 3. The summed E-state index contributed by atoms with van der Waals surface area (Å²) < 4.78 is 5.61. The number of thiophene rings is 1. The predicted molar refractivity (Wildman–Crippen MR) is 114 cm³/mol. The van der Waals surface area contributed by atoms with Gasteiger partial charge in [0, 0.05) is 37.0 Å². The molecule has 7 heteroatoms. The van der Waals surface area contributed by atoms with Gasteiger partial charge in [-0.2, -0.15) is 0 Å². The van der Waals surface area contributed by atoms with Crippen LogP contribution in [-0.4, -0.2) is 38.1 Å². The molecule has 1 fully saturated rings. The van der Waals surface area contributed by atoms with Crippen LogP contribution in [0.3, 0.4) is 0 Å². The van der Waals surface area contributed by atoms with Crippen molar-refractivity contribution in [3.8, 4) is 5.75 Å². The van der Waals surface area contributed by atoms with Gasteiger partial charge in [0.25, 0.3) is 5.91 Å². The number of carbonyl (C=O) groups is 1. The second-order valence-electron chi connectivity index (χ2n) is 7.00. The molecule has 3 rings (SSSR count). The Morgan fingerprint density at radius 3 is 2.86 bits per heavy atom. The van der Waals surface area contributed by atoms with Crippen LogP contribution < -0.4 is 20.7 Å². The Bertz CT molecular complexity index is 787. The van der Waals surface area contributed by atoms with Crippen LogP contribution in [-0.2, 0) is 11.3 Å². The third-order valence-corrected chi connectivity index (χ3v) is 5.60. The normalized spacial score (nSPS) is 15.0. The number of hydrogen-bond acceptors (Lipinski definition) is 4. The molecule has 1 amide bonds. The first-order valence-corrected chi connectivity index (χ1v) is 10.5. The van der Waals surface area contributed by atoms with Crippen molar-refractivity contribution >= 4 is 23.2 Å². The summed E-state index contributed by atoms with van der Waals surface area (Å²) in [6, 6.07) is 12.3. The van der Waals surface area contributed by atoms with Crippen LogP contribution >= 0.6 is 11.3 Å². The van der Waals surface area contributed by atoms with Gasteiger partial charge in [0.1, 0.15) is 5.75 Å². The maximum Gasteiger partial charge on any atom is 0.258 e. The Balaban J connectivity index is 1.42. The first kappa shape index (κ1) is 20.2. The van der Waals surface area contributed by atoms with E-state index in [1.165, 1.54) is 4.88 Å². The van der Waals surface area contributed by atoms with Crippen LogP contribution in [0.5, 0.6) is 5.75 Å². The van der Waals surface area contributed by atoms with Crippen molar-refractivity contribution in [2.45, 2.75) is 38.3 Å². The van der Waals surface area contributed by atoms with Gasteiger partial charge in [-0.15, -0.1) is 11.3 Å². The molecule has 6 nitrogen and oxygen atoms in total. The van der Waals surface area contributed by atoms with Gasteiger partial charge >= 0.3 is 0 Å². The standard InChI is InChI=1S/C21H28N4O2S/c1-15(19-7-4-10-28-19)12-23-21(22-2)24-13-16-5-3-6-18(11-16)27-14-20(26)25-17-8-9-17/h3-7,10-11,15,17H,8-9,12-14H2,1-2H3,(H,25,26)(H2,22,23,24). The van der Waals surface area contributed by atoms with Gasteiger partial charge in [0.2, 0.25) is 0 Å². The maximum absolute atomic E-state index is 11.7. The van der Waals surface area contributed by atoms with Crippen molar-refractivity contribution in [1.82, 2.24) is 16.0 Å². The fraction of sp³-hybridized carbons (Fsp3) is 0.429. The Hall–Kier alpha value is -2.54. The van der Waals surface area contributed by atoms with E-state index >= 15 is 0 Å². The monoisotopic (exact) mass is 400 g/mol. The van der Waals surface area contributed by atoms with Gasteiger partial charge < -0.3 is 20.7 Å². The van der Waals surface area contributed by atoms with E-state index in [2.05, 4.69) is 45.4 Å². The van der Waals surface area contributed by atoms with Crippen LogP contribution in [0.4, 0.5) is 0 Å². The smallest absolute Gasteiger partial charge is 0.258 e. The Morgan fingerprint density at radius 2 is 2.14 bits per heavy atom. The fourth-order valence-electron chi connectivity index (χ4n) is 2.72. The quantitative estimate of drug-likeness (QED) is 0.447. The van der Waals surface area contributed by atoms with Crippen molar-refractivity contribution in [2.24, 2.45) is 4.99 Å². The summed E-state index contributed by atoms with van der Waals surface area (Å²) in [7, 11) is 1.77. The first-order valence-electron chi connectivity index (χ1n) is 9.63. The second-order valence-corrected chi connectivity index (χ2v) is 7.98. The lowest BCUT2D eigenvalue weighted by Crippen LogP contribution is -2.38. The van der Waals surface area contributed by atoms with Gasteiger partial charge in [-0.3, -0.25) is 9.79 Å². The number of guanidine groups is 1. The van der Waals surface area contributed by atoms with Crippen LogP contribution in [0.2, 0.25) is 0 Å². The van der Waals surface area contributed by atoms with Crippen molar-refractivity contribution < 1.29 is 9.53 Å². The molecule has 1 heterocycles. The molecular weight excluding hydrogens is 372 g/mol. The molecule has 0 saturated heterocycles. The summed E-state index contributed by atoms with van der Waals surface area (Å²) in [4.78, 5) is 17.4. The van der Waals surface area contributed by atoms with E-state index in [1.807, 2.05) is 24.3 Å². The minimum Gasteiger partial charge on any atom is -0.484 e. The number of hydrogen-bond donors (Lipinski definition) is 3. The highest BCUT2D eigenvalue weighted by atomic mass is 32.1. The molecule has 1 aromatic heterocycles. The van der Waals surface area contributed by atoms with Crippen molar-refractivity contribution in [3.05, 3.63) is 52.2 Å². The van der Waals surface area contributed by atoms with E-state index in [4.69, 9.17) is 4.74 Å². The van der Waals surface area contributed by atoms with Crippen molar-refractivity contribution in [3.63, 3.8) is 0 Å². The summed E-state index contributed by atoms with van der Waals surface area (Å²) in [5.74, 6) is 1.82. The maximum atomic E-state index is 11.7. The number of carbonyl (C=O) groups excluding carboxylic acids is 1. The highest BCUT2D eigenvalue weighted by Crippen LogP contribution is 2.20. The zero-order valence-corrected chi connectivity index (χ0v) is 17.2. The van der Waals surface area contributed by atoms with Gasteiger partial charge in [0.05, 0.1) is 0 Å². The summed E-state index contributed by atoms with van der Waals surface area (Å²) in [6.45, 7) is 3.70. The molecule has 1 aromatic carbocycles. The third kappa shape index (κ3) is 6.56. The lowest BCUT2D eigenvalue weighted by molar-refractivity contribution is -0.123. The zero-order chi connectivity index (χ0) is 19.8. The highest BCUT2D eigenvalue weighted by molar-refractivity contribution is 7.10. The molecule has 0 spiro atoms. The predicted octanol–water partition coefficient (Wildman–Crippen LogP) is 2.87. The van der Waals surface area contributed by atoms with E-state index in [9.17, 15) is 4.79 Å². The van der Waals surface area contributed by atoms with E-state index in [1.54, 1.807) is 18.4 Å². The fourth-order valence-corrected chi connectivity index (χ4v) is 3.51. The Kier molecular flexibility index (Phi) is 7.31. The minimum atomic E-state index is -0.0597. The lowest BCUT2D eigenvalue weighted by atomic mass is 10.1. The van der Waals surface area contributed by atoms with E-state index in [0.717, 1.165) is 30.9 Å². The van der Waals surface area contributed by atoms with Gasteiger partial charge in [-0.25, -0.2) is 0 Å². The SMILES string of the molecule is CN=C(NCc1cccc(OCC(=O)NC2CC2)c1)NCC(C)c1cccs1. The summed E-state index contributed by atoms with van der Waals surface area (Å²) >= 11 is 1.77. The largest absolute Gasteiger partial charge is 0.484 e. The molecule has 150 valence electrons. The molecule has 0 radical (unpaired) electrons. The lowest BCUT2D eigenvalue weighted by Gasteiger charge is -2.15. The zero-order valence-electron chi connectivity index (χ0n) is 16.4. The highest BCUT2D eigenvalue weighted by Gasteiger charge is 2.23. The third-order valence-electron chi connectivity index (χ3n) is 4.50. The molecule has 1 atom stereocenters. The summed E-state index contributed by atoms with van der Waals surface area (Å²) in [5.41, 5.74) is 1.06. The first-order chi connectivity index (χ1) is 13.6. The van der Waals surface area contributed by atoms with Crippen molar-refractivity contribution in [1.29, 1.82) is 0 Å². The van der Waals surface area contributed by atoms with Gasteiger partial charge in [-0.05, 0) is 42.0 Å². The average Bonchev–Trinajstić information content (AvgIpc) is 3.34. The van der Waals surface area contributed by atoms with E-state index in [0.29, 0.717) is 24.3 Å². The molecule has 3 N–H and O–H groups in total. The number of aliphatic imine (C=N–C) groups is 1. The molecule has 2 aromatic rings. The number of amides is 1. The molecule has 1 unspecified atom stereocenters. The van der Waals surface area contributed by atoms with Crippen LogP contribution in [0.25, 0.3) is 0 Å². The van der Waals surface area contributed by atoms with E-state index in [-0.39, 0.29) is 12.5 Å². The average molecular weight is 401 g/mol. The Labute approximate surface area is 170 Å². The van der Waals surface area contributed by atoms with Gasteiger partial charge in [-0.1, -0.05) is 25.1 Å². The number of nitrogens with zero attached hydrogens (tertiary/aromatic N) is 1. The van der Waals surface area contributed by atoms with Crippen LogP contribution in [0.15, 0.2) is 46.8 Å². The number of ether oxygens (including phenoxy) is 1. The summed E-state index contributed by atoms with van der Waals surface area (Å²) in [6.07, 6.45) is 2.16. The molecule has 1 saturated carbocycles. The molecule has 1 aliphatic rings. The Morgan fingerprint density at radius 1 is 1.29 bits per heavy atom. The van der Waals surface area contributed by atoms with Crippen molar-refractivity contribution in [2.75, 3.05) is 20.2 Å². The summed E-state index contributed by atoms with van der Waals surface area (Å²) in [5, 5.41) is 11.7. The van der Waals surface area contributed by atoms with Crippen LogP contribution in [0.1, 0.15) is 36.1 Å². The molecule has 0 aliphatic heterocycles. The molecule has 1 aliphatic carbocycles. The number of benzene rings is 1.